The van der Waals surface area contributed by atoms with E-state index in [2.05, 4.69) is 38.7 Å². The predicted octanol–water partition coefficient (Wildman–Crippen LogP) is 1.88. The zero-order valence-corrected chi connectivity index (χ0v) is 8.35. The van der Waals surface area contributed by atoms with Crippen molar-refractivity contribution in [3.05, 3.63) is 22.4 Å². The van der Waals surface area contributed by atoms with Crippen LogP contribution in [0.5, 0.6) is 0 Å². The van der Waals surface area contributed by atoms with E-state index in [9.17, 15) is 0 Å². The van der Waals surface area contributed by atoms with Gasteiger partial charge >= 0.3 is 0 Å². The van der Waals surface area contributed by atoms with Gasteiger partial charge in [-0.1, -0.05) is 6.92 Å². The molecule has 0 saturated heterocycles. The zero-order chi connectivity index (χ0) is 8.55. The van der Waals surface area contributed by atoms with Gasteiger partial charge in [0.25, 0.3) is 0 Å². The topological polar surface area (TPSA) is 37.0 Å². The molecule has 4 heteroatoms. The summed E-state index contributed by atoms with van der Waals surface area (Å²) in [5.41, 5.74) is 8.41. The number of nitrogens with zero attached hydrogens (tertiary/aromatic N) is 1. The number of aromatic nitrogens is 1. The summed E-state index contributed by atoms with van der Waals surface area (Å²) in [5.74, 6) is 0.481. The van der Waals surface area contributed by atoms with Gasteiger partial charge in [-0.2, -0.15) is 0 Å². The van der Waals surface area contributed by atoms with Gasteiger partial charge in [0.05, 0.1) is 11.4 Å². The molecule has 0 aromatic carbocycles. The van der Waals surface area contributed by atoms with Crippen molar-refractivity contribution in [3.63, 3.8) is 0 Å². The minimum absolute atomic E-state index is 0.481. The lowest BCUT2D eigenvalue weighted by molar-refractivity contribution is 0.626. The number of hydrogen-bond donors (Lipinski definition) is 2. The minimum Gasteiger partial charge on any atom is -0.320 e. The van der Waals surface area contributed by atoms with Gasteiger partial charge in [0, 0.05) is 23.1 Å². The van der Waals surface area contributed by atoms with Crippen LogP contribution >= 0.6 is 15.9 Å². The van der Waals surface area contributed by atoms with E-state index in [0.29, 0.717) is 5.92 Å². The van der Waals surface area contributed by atoms with Crippen LogP contribution in [0.3, 0.4) is 0 Å². The normalized spacial score (nSPS) is 21.3. The molecule has 2 rings (SSSR count). The summed E-state index contributed by atoms with van der Waals surface area (Å²) >= 11 is 3.38. The smallest absolute Gasteiger partial charge is 0.0718 e. The van der Waals surface area contributed by atoms with E-state index in [1.165, 1.54) is 0 Å². The lowest BCUT2D eigenvalue weighted by Gasteiger charge is -2.23. The van der Waals surface area contributed by atoms with Gasteiger partial charge in [0.15, 0.2) is 0 Å². The predicted molar refractivity (Wildman–Crippen MR) is 52.0 cm³/mol. The fraction of sp³-hybridized carbons (Fsp3) is 0.375. The number of rotatable bonds is 0. The van der Waals surface area contributed by atoms with Crippen LogP contribution in [0.2, 0.25) is 0 Å². The number of halogens is 1. The van der Waals surface area contributed by atoms with Crippen LogP contribution in [-0.4, -0.2) is 11.5 Å². The van der Waals surface area contributed by atoms with Gasteiger partial charge in [-0.3, -0.25) is 4.98 Å². The highest BCUT2D eigenvalue weighted by Gasteiger charge is 2.16. The van der Waals surface area contributed by atoms with Gasteiger partial charge in [0.2, 0.25) is 0 Å². The molecule has 0 bridgehead atoms. The van der Waals surface area contributed by atoms with E-state index in [1.807, 2.05) is 12.3 Å². The third kappa shape index (κ3) is 1.32. The molecule has 0 spiro atoms. The van der Waals surface area contributed by atoms with Crippen LogP contribution in [0.1, 0.15) is 18.5 Å². The van der Waals surface area contributed by atoms with Crippen LogP contribution in [0.15, 0.2) is 16.7 Å². The lowest BCUT2D eigenvalue weighted by Crippen LogP contribution is -2.32. The van der Waals surface area contributed by atoms with Gasteiger partial charge < -0.3 is 5.43 Å². The number of fused-ring (bicyclic) bond motifs is 1. The van der Waals surface area contributed by atoms with E-state index in [-0.39, 0.29) is 0 Å². The molecule has 1 aromatic heterocycles. The molecule has 0 amide bonds. The molecule has 0 radical (unpaired) electrons. The Hall–Kier alpha value is -0.610. The van der Waals surface area contributed by atoms with E-state index >= 15 is 0 Å². The molecule has 2 N–H and O–H groups in total. The molecule has 1 aliphatic heterocycles. The Morgan fingerprint density at radius 2 is 2.50 bits per heavy atom. The Kier molecular flexibility index (Phi) is 2.02. The van der Waals surface area contributed by atoms with Crippen LogP contribution in [-0.2, 0) is 0 Å². The zero-order valence-electron chi connectivity index (χ0n) is 6.76. The molecule has 1 atom stereocenters. The Bertz CT molecular complexity index is 300. The molecule has 3 nitrogen and oxygen atoms in total. The second-order valence-electron chi connectivity index (χ2n) is 2.99. The molecule has 1 aromatic rings. The van der Waals surface area contributed by atoms with E-state index in [1.54, 1.807) is 0 Å². The number of pyridine rings is 1. The van der Waals surface area contributed by atoms with Crippen molar-refractivity contribution in [2.24, 2.45) is 0 Å². The highest BCUT2D eigenvalue weighted by Crippen LogP contribution is 2.26. The molecular formula is C8H10BrN3. The second kappa shape index (κ2) is 3.03. The maximum Gasteiger partial charge on any atom is 0.0718 e. The van der Waals surface area contributed by atoms with Crippen molar-refractivity contribution in [1.29, 1.82) is 0 Å². The molecule has 2 heterocycles. The first-order valence-electron chi connectivity index (χ1n) is 3.91. The van der Waals surface area contributed by atoms with E-state index < -0.39 is 0 Å². The van der Waals surface area contributed by atoms with Crippen molar-refractivity contribution in [3.8, 4) is 0 Å². The molecular weight excluding hydrogens is 218 g/mol. The van der Waals surface area contributed by atoms with E-state index in [4.69, 9.17) is 0 Å². The van der Waals surface area contributed by atoms with Gasteiger partial charge in [-0.25, -0.2) is 5.43 Å². The first kappa shape index (κ1) is 8.01. The van der Waals surface area contributed by atoms with Gasteiger partial charge in [0.1, 0.15) is 0 Å². The fourth-order valence-electron chi connectivity index (χ4n) is 1.34. The summed E-state index contributed by atoms with van der Waals surface area (Å²) in [6.45, 7) is 3.09. The van der Waals surface area contributed by atoms with Crippen molar-refractivity contribution >= 4 is 21.6 Å². The van der Waals surface area contributed by atoms with Gasteiger partial charge in [-0.05, 0) is 22.0 Å². The molecule has 64 valence electrons. The Labute approximate surface area is 79.7 Å². The van der Waals surface area contributed by atoms with Crippen LogP contribution < -0.4 is 10.9 Å². The quantitative estimate of drug-likeness (QED) is 0.711. The molecule has 1 unspecified atom stereocenters. The number of hydrogen-bond acceptors (Lipinski definition) is 3. The van der Waals surface area contributed by atoms with Crippen LogP contribution in [0.4, 0.5) is 5.69 Å². The molecule has 0 saturated carbocycles. The Morgan fingerprint density at radius 1 is 1.67 bits per heavy atom. The molecule has 1 aliphatic rings. The SMILES string of the molecule is CC1CNNc2cc(Br)cnc21. The third-order valence-electron chi connectivity index (χ3n) is 1.98. The average Bonchev–Trinajstić information content (AvgIpc) is 2.04. The maximum atomic E-state index is 4.35. The average molecular weight is 228 g/mol. The Balaban J connectivity index is 2.46. The highest BCUT2D eigenvalue weighted by atomic mass is 79.9. The maximum absolute atomic E-state index is 4.35. The third-order valence-corrected chi connectivity index (χ3v) is 2.42. The fourth-order valence-corrected chi connectivity index (χ4v) is 1.67. The highest BCUT2D eigenvalue weighted by molar-refractivity contribution is 9.10. The van der Waals surface area contributed by atoms with Crippen molar-refractivity contribution < 1.29 is 0 Å². The van der Waals surface area contributed by atoms with Crippen LogP contribution in [0, 0.1) is 0 Å². The summed E-state index contributed by atoms with van der Waals surface area (Å²) in [7, 11) is 0. The van der Waals surface area contributed by atoms with E-state index in [0.717, 1.165) is 22.4 Å². The first-order chi connectivity index (χ1) is 5.77. The number of nitrogens with one attached hydrogen (secondary N) is 2. The van der Waals surface area contributed by atoms with Crippen molar-refractivity contribution in [1.82, 2.24) is 10.4 Å². The summed E-state index contributed by atoms with van der Waals surface area (Å²) in [4.78, 5) is 4.35. The van der Waals surface area contributed by atoms with Crippen LogP contribution in [0.25, 0.3) is 0 Å². The molecule has 12 heavy (non-hydrogen) atoms. The second-order valence-corrected chi connectivity index (χ2v) is 3.91. The summed E-state index contributed by atoms with van der Waals surface area (Å²) in [5, 5.41) is 0. The largest absolute Gasteiger partial charge is 0.320 e. The lowest BCUT2D eigenvalue weighted by atomic mass is 10.0. The number of hydrazine groups is 1. The summed E-state index contributed by atoms with van der Waals surface area (Å²) < 4.78 is 1.00. The number of anilines is 1. The van der Waals surface area contributed by atoms with Gasteiger partial charge in [-0.15, -0.1) is 0 Å². The Morgan fingerprint density at radius 3 is 3.33 bits per heavy atom. The standard InChI is InChI=1S/C8H10BrN3/c1-5-3-11-12-7-2-6(9)4-10-8(5)7/h2,4-5,11-12H,3H2,1H3. The monoisotopic (exact) mass is 227 g/mol. The molecule has 0 aliphatic carbocycles. The summed E-state index contributed by atoms with van der Waals surface area (Å²) in [6.07, 6.45) is 1.84. The molecule has 0 fully saturated rings. The van der Waals surface area contributed by atoms with Crippen molar-refractivity contribution in [2.75, 3.05) is 12.0 Å². The van der Waals surface area contributed by atoms with Crippen molar-refractivity contribution in [2.45, 2.75) is 12.8 Å². The summed E-state index contributed by atoms with van der Waals surface area (Å²) in [6, 6.07) is 2.03. The minimum atomic E-state index is 0.481. The first-order valence-corrected chi connectivity index (χ1v) is 4.71.